The molecule has 1 heterocycles. The molecule has 2 aliphatic rings. The molecule has 124 valence electrons. The Balaban J connectivity index is 2.02. The summed E-state index contributed by atoms with van der Waals surface area (Å²) in [6, 6.07) is 0. The van der Waals surface area contributed by atoms with Crippen LogP contribution in [0.4, 0.5) is 0 Å². The summed E-state index contributed by atoms with van der Waals surface area (Å²) in [5.41, 5.74) is 3.03. The van der Waals surface area contributed by atoms with Crippen LogP contribution in [0.3, 0.4) is 0 Å². The first kappa shape index (κ1) is 18.0. The smallest absolute Gasteiger partial charge is 0.246 e. The summed E-state index contributed by atoms with van der Waals surface area (Å²) in [7, 11) is 0. The summed E-state index contributed by atoms with van der Waals surface area (Å²) in [5.74, 6) is 0.178. The van der Waals surface area contributed by atoms with Gasteiger partial charge in [0.25, 0.3) is 0 Å². The predicted molar refractivity (Wildman–Crippen MR) is 101 cm³/mol. The summed E-state index contributed by atoms with van der Waals surface area (Å²) in [6.07, 6.45) is 8.64. The lowest BCUT2D eigenvalue weighted by atomic mass is 9.72. The lowest BCUT2D eigenvalue weighted by molar-refractivity contribution is -0.125. The molecule has 4 heteroatoms. The molecule has 1 aliphatic carbocycles. The molecule has 22 heavy (non-hydrogen) atoms. The van der Waals surface area contributed by atoms with Crippen molar-refractivity contribution in [3.63, 3.8) is 0 Å². The van der Waals surface area contributed by atoms with Crippen LogP contribution in [0.15, 0.2) is 23.3 Å². The number of carbonyl (C=O) groups is 1. The van der Waals surface area contributed by atoms with Gasteiger partial charge < -0.3 is 4.90 Å². The zero-order chi connectivity index (χ0) is 16.2. The third-order valence-corrected chi connectivity index (χ3v) is 5.97. The minimum atomic E-state index is 0.178. The van der Waals surface area contributed by atoms with E-state index in [9.17, 15) is 4.79 Å². The maximum absolute atomic E-state index is 12.5. The highest BCUT2D eigenvalue weighted by atomic mass is 127. The Morgan fingerprint density at radius 3 is 2.68 bits per heavy atom. The third kappa shape index (κ3) is 4.57. The molecule has 1 fully saturated rings. The van der Waals surface area contributed by atoms with Crippen LogP contribution in [0.5, 0.6) is 0 Å². The Morgan fingerprint density at radius 2 is 2.00 bits per heavy atom. The molecule has 0 atom stereocenters. The molecule has 0 aromatic rings. The molecule has 0 unspecified atom stereocenters. The van der Waals surface area contributed by atoms with E-state index in [-0.39, 0.29) is 11.3 Å². The Bertz CT molecular complexity index is 468. The van der Waals surface area contributed by atoms with Gasteiger partial charge in [-0.05, 0) is 43.6 Å². The maximum Gasteiger partial charge on any atom is 0.246 e. The highest BCUT2D eigenvalue weighted by Gasteiger charge is 2.27. The average Bonchev–Trinajstić information content (AvgIpc) is 2.71. The van der Waals surface area contributed by atoms with Crippen molar-refractivity contribution in [2.75, 3.05) is 30.7 Å². The highest BCUT2D eigenvalue weighted by molar-refractivity contribution is 14.1. The average molecular weight is 416 g/mol. The first-order valence-electron chi connectivity index (χ1n) is 8.39. The van der Waals surface area contributed by atoms with Gasteiger partial charge in [0.2, 0.25) is 5.91 Å². The number of rotatable bonds is 3. The van der Waals surface area contributed by atoms with Gasteiger partial charge in [0.15, 0.2) is 0 Å². The van der Waals surface area contributed by atoms with E-state index in [1.54, 1.807) is 0 Å². The van der Waals surface area contributed by atoms with Crippen LogP contribution >= 0.6 is 22.6 Å². The lowest BCUT2D eigenvalue weighted by Crippen LogP contribution is -2.34. The van der Waals surface area contributed by atoms with Gasteiger partial charge in [-0.15, -0.1) is 0 Å². The van der Waals surface area contributed by atoms with Crippen LogP contribution in [-0.2, 0) is 4.79 Å². The number of hydrogen-bond donors (Lipinski definition) is 0. The zero-order valence-corrected chi connectivity index (χ0v) is 16.4. The monoisotopic (exact) mass is 416 g/mol. The highest BCUT2D eigenvalue weighted by Crippen LogP contribution is 2.40. The van der Waals surface area contributed by atoms with E-state index < -0.39 is 0 Å². The second-order valence-electron chi connectivity index (χ2n) is 7.18. The van der Waals surface area contributed by atoms with E-state index in [2.05, 4.69) is 54.3 Å². The number of carbonyl (C=O) groups excluding carboxylic acids is 1. The number of alkyl halides is 1. The summed E-state index contributed by atoms with van der Waals surface area (Å²) in [6.45, 7) is 10.7. The summed E-state index contributed by atoms with van der Waals surface area (Å²) in [4.78, 5) is 16.9. The Hall–Kier alpha value is -0.360. The summed E-state index contributed by atoms with van der Waals surface area (Å²) >= 11 is 2.40. The second kappa shape index (κ2) is 7.95. The molecule has 0 bridgehead atoms. The molecule has 0 N–H and O–H groups in total. The Kier molecular flexibility index (Phi) is 6.50. The fraction of sp³-hybridized carbons (Fsp3) is 0.722. The van der Waals surface area contributed by atoms with Crippen LogP contribution in [0.1, 0.15) is 46.5 Å². The topological polar surface area (TPSA) is 23.6 Å². The van der Waals surface area contributed by atoms with Gasteiger partial charge >= 0.3 is 0 Å². The number of hydrogen-bond acceptors (Lipinski definition) is 2. The second-order valence-corrected chi connectivity index (χ2v) is 7.86. The molecule has 3 nitrogen and oxygen atoms in total. The van der Waals surface area contributed by atoms with Crippen molar-refractivity contribution in [2.45, 2.75) is 46.5 Å². The molecular formula is C18H29IN2O. The van der Waals surface area contributed by atoms with Gasteiger partial charge in [0.05, 0.1) is 4.55 Å². The number of amides is 1. The quantitative estimate of drug-likeness (QED) is 0.301. The number of halogens is 1. The largest absolute Gasteiger partial charge is 0.338 e. The minimum Gasteiger partial charge on any atom is -0.338 e. The molecule has 0 radical (unpaired) electrons. The van der Waals surface area contributed by atoms with E-state index in [0.717, 1.165) is 37.2 Å². The van der Waals surface area contributed by atoms with Gasteiger partial charge in [-0.3, -0.25) is 9.69 Å². The SMILES string of the molecule is CC1=C(/C=C/C(=O)N2CCCN(CI)CC2)C(C)(C)CCC1. The molecule has 1 aliphatic heterocycles. The molecule has 0 aromatic heterocycles. The van der Waals surface area contributed by atoms with E-state index in [4.69, 9.17) is 0 Å². The van der Waals surface area contributed by atoms with Crippen molar-refractivity contribution in [1.82, 2.24) is 9.80 Å². The van der Waals surface area contributed by atoms with Crippen molar-refractivity contribution < 1.29 is 4.79 Å². The van der Waals surface area contributed by atoms with Gasteiger partial charge in [-0.2, -0.15) is 0 Å². The van der Waals surface area contributed by atoms with Gasteiger partial charge in [-0.1, -0.05) is 48.1 Å². The van der Waals surface area contributed by atoms with Crippen molar-refractivity contribution in [1.29, 1.82) is 0 Å². The molecule has 0 spiro atoms. The lowest BCUT2D eigenvalue weighted by Gasteiger charge is -2.33. The molecule has 2 rings (SSSR count). The van der Waals surface area contributed by atoms with Crippen molar-refractivity contribution in [3.8, 4) is 0 Å². The fourth-order valence-corrected chi connectivity index (χ4v) is 4.26. The van der Waals surface area contributed by atoms with E-state index >= 15 is 0 Å². The minimum absolute atomic E-state index is 0.178. The molecule has 1 amide bonds. The van der Waals surface area contributed by atoms with E-state index in [0.29, 0.717) is 0 Å². The van der Waals surface area contributed by atoms with Crippen molar-refractivity contribution in [3.05, 3.63) is 23.3 Å². The van der Waals surface area contributed by atoms with Crippen molar-refractivity contribution in [2.24, 2.45) is 5.41 Å². The van der Waals surface area contributed by atoms with Crippen LogP contribution in [0, 0.1) is 5.41 Å². The summed E-state index contributed by atoms with van der Waals surface area (Å²) < 4.78 is 1.05. The van der Waals surface area contributed by atoms with E-state index in [1.165, 1.54) is 30.4 Å². The number of nitrogens with zero attached hydrogens (tertiary/aromatic N) is 2. The van der Waals surface area contributed by atoms with Gasteiger partial charge in [0, 0.05) is 32.3 Å². The molecule has 1 saturated heterocycles. The maximum atomic E-state index is 12.5. The predicted octanol–water partition coefficient (Wildman–Crippen LogP) is 4.00. The van der Waals surface area contributed by atoms with Gasteiger partial charge in [-0.25, -0.2) is 0 Å². The van der Waals surface area contributed by atoms with E-state index in [1.807, 2.05) is 11.0 Å². The standard InChI is InChI=1S/C18H29IN2O/c1-15-6-4-9-18(2,3)16(15)7-8-17(22)21-11-5-10-20(14-19)12-13-21/h7-8H,4-6,9-14H2,1-3H3/b8-7+. The molecule has 0 saturated carbocycles. The Morgan fingerprint density at radius 1 is 1.23 bits per heavy atom. The molecule has 0 aromatic carbocycles. The van der Waals surface area contributed by atoms with Crippen LogP contribution in [0.25, 0.3) is 0 Å². The first-order valence-corrected chi connectivity index (χ1v) is 9.92. The third-order valence-electron chi connectivity index (χ3n) is 5.00. The fourth-order valence-electron chi connectivity index (χ4n) is 3.58. The zero-order valence-electron chi connectivity index (χ0n) is 14.2. The molecular weight excluding hydrogens is 387 g/mol. The number of allylic oxidation sites excluding steroid dienone is 3. The normalized spacial score (nSPS) is 23.9. The van der Waals surface area contributed by atoms with Crippen LogP contribution in [0.2, 0.25) is 0 Å². The van der Waals surface area contributed by atoms with Crippen LogP contribution in [-0.4, -0.2) is 46.4 Å². The Labute approximate surface area is 148 Å². The van der Waals surface area contributed by atoms with Crippen molar-refractivity contribution >= 4 is 28.5 Å². The van der Waals surface area contributed by atoms with Gasteiger partial charge in [0.1, 0.15) is 0 Å². The first-order chi connectivity index (χ1) is 10.4. The summed E-state index contributed by atoms with van der Waals surface area (Å²) in [5, 5.41) is 0. The van der Waals surface area contributed by atoms with Crippen LogP contribution < -0.4 is 0 Å².